The lowest BCUT2D eigenvalue weighted by Gasteiger charge is -2.26. The summed E-state index contributed by atoms with van der Waals surface area (Å²) >= 11 is 0. The number of hydrogen-bond acceptors (Lipinski definition) is 5. The van der Waals surface area contributed by atoms with Gasteiger partial charge in [-0.3, -0.25) is 9.59 Å². The van der Waals surface area contributed by atoms with Crippen molar-refractivity contribution in [2.24, 2.45) is 0 Å². The zero-order chi connectivity index (χ0) is 21.1. The maximum atomic E-state index is 13.5. The van der Waals surface area contributed by atoms with E-state index < -0.39 is 23.5 Å². The van der Waals surface area contributed by atoms with Gasteiger partial charge in [0, 0.05) is 18.7 Å². The average Bonchev–Trinajstić information content (AvgIpc) is 2.97. The second-order valence-corrected chi connectivity index (χ2v) is 7.08. The number of ether oxygens (including phenoxy) is 1. The molecule has 1 amide bonds. The molecule has 0 aliphatic carbocycles. The summed E-state index contributed by atoms with van der Waals surface area (Å²) in [5.74, 6) is -1.66. The highest BCUT2D eigenvalue weighted by Gasteiger charge is 2.45. The Kier molecular flexibility index (Phi) is 5.98. The first kappa shape index (κ1) is 20.5. The van der Waals surface area contributed by atoms with E-state index >= 15 is 0 Å². The number of rotatable bonds is 6. The first-order valence-electron chi connectivity index (χ1n) is 9.16. The number of halogens is 1. The van der Waals surface area contributed by atoms with Gasteiger partial charge in [0.2, 0.25) is 0 Å². The number of nitrogens with zero attached hydrogens (tertiary/aromatic N) is 2. The summed E-state index contributed by atoms with van der Waals surface area (Å²) < 4.78 is 18.6. The van der Waals surface area contributed by atoms with E-state index in [0.717, 1.165) is 0 Å². The molecule has 2 aromatic carbocycles. The standard InChI is InChI=1S/C22H23FN2O4/c1-24(2)11-12-25-19(14-7-9-16(23)10-8-14)18(21(27)22(25)28)20(26)15-5-4-6-17(13-15)29-3/h4-10,13,19,26H,11-12H2,1-3H3. The van der Waals surface area contributed by atoms with Crippen molar-refractivity contribution < 1.29 is 23.8 Å². The van der Waals surface area contributed by atoms with Gasteiger partial charge in [-0.05, 0) is 43.9 Å². The van der Waals surface area contributed by atoms with Crippen molar-refractivity contribution in [3.63, 3.8) is 0 Å². The van der Waals surface area contributed by atoms with Gasteiger partial charge in [0.25, 0.3) is 11.7 Å². The van der Waals surface area contributed by atoms with Crippen molar-refractivity contribution in [1.29, 1.82) is 0 Å². The molecule has 0 spiro atoms. The SMILES string of the molecule is COc1cccc(C(O)=C2C(=O)C(=O)N(CCN(C)C)C2c2ccc(F)cc2)c1. The number of amides is 1. The third kappa shape index (κ3) is 4.14. The smallest absolute Gasteiger partial charge is 0.295 e. The minimum Gasteiger partial charge on any atom is -0.507 e. The largest absolute Gasteiger partial charge is 0.507 e. The third-order valence-corrected chi connectivity index (χ3v) is 4.86. The first-order valence-corrected chi connectivity index (χ1v) is 9.16. The Labute approximate surface area is 168 Å². The van der Waals surface area contributed by atoms with Crippen molar-refractivity contribution in [2.75, 3.05) is 34.3 Å². The number of likely N-dealkylation sites (tertiary alicyclic amines) is 1. The molecular formula is C22H23FN2O4. The summed E-state index contributed by atoms with van der Waals surface area (Å²) in [7, 11) is 5.22. The fraction of sp³-hybridized carbons (Fsp3) is 0.273. The summed E-state index contributed by atoms with van der Waals surface area (Å²) in [6.45, 7) is 0.818. The number of likely N-dealkylation sites (N-methyl/N-ethyl adjacent to an activating group) is 1. The summed E-state index contributed by atoms with van der Waals surface area (Å²) in [6, 6.07) is 11.4. The number of benzene rings is 2. The van der Waals surface area contributed by atoms with Crippen LogP contribution in [0.4, 0.5) is 4.39 Å². The van der Waals surface area contributed by atoms with Crippen LogP contribution in [0.5, 0.6) is 5.75 Å². The molecule has 1 aliphatic rings. The monoisotopic (exact) mass is 398 g/mol. The summed E-state index contributed by atoms with van der Waals surface area (Å²) in [5, 5.41) is 10.9. The van der Waals surface area contributed by atoms with Gasteiger partial charge in [-0.1, -0.05) is 24.3 Å². The van der Waals surface area contributed by atoms with E-state index in [2.05, 4.69) is 0 Å². The quantitative estimate of drug-likeness (QED) is 0.460. The van der Waals surface area contributed by atoms with Gasteiger partial charge >= 0.3 is 0 Å². The lowest BCUT2D eigenvalue weighted by atomic mass is 9.95. The predicted molar refractivity (Wildman–Crippen MR) is 107 cm³/mol. The molecule has 1 fully saturated rings. The van der Waals surface area contributed by atoms with Gasteiger partial charge in [0.05, 0.1) is 18.7 Å². The minimum atomic E-state index is -0.804. The van der Waals surface area contributed by atoms with Crippen LogP contribution in [0, 0.1) is 5.82 Å². The van der Waals surface area contributed by atoms with Crippen molar-refractivity contribution in [2.45, 2.75) is 6.04 Å². The number of hydrogen-bond donors (Lipinski definition) is 1. The fourth-order valence-electron chi connectivity index (χ4n) is 3.34. The fourth-order valence-corrected chi connectivity index (χ4v) is 3.34. The van der Waals surface area contributed by atoms with Crippen LogP contribution in [0.15, 0.2) is 54.1 Å². The molecule has 0 radical (unpaired) electrons. The van der Waals surface area contributed by atoms with Crippen LogP contribution in [0.3, 0.4) is 0 Å². The molecule has 3 rings (SSSR count). The van der Waals surface area contributed by atoms with E-state index in [9.17, 15) is 19.1 Å². The van der Waals surface area contributed by atoms with Crippen LogP contribution >= 0.6 is 0 Å². The van der Waals surface area contributed by atoms with Crippen LogP contribution in [0.25, 0.3) is 5.76 Å². The van der Waals surface area contributed by atoms with E-state index in [-0.39, 0.29) is 17.9 Å². The summed E-state index contributed by atoms with van der Waals surface area (Å²) in [5.41, 5.74) is 0.893. The third-order valence-electron chi connectivity index (χ3n) is 4.86. The maximum Gasteiger partial charge on any atom is 0.295 e. The molecular weight excluding hydrogens is 375 g/mol. The highest BCUT2D eigenvalue weighted by molar-refractivity contribution is 6.46. The lowest BCUT2D eigenvalue weighted by Crippen LogP contribution is -2.35. The second-order valence-electron chi connectivity index (χ2n) is 7.08. The molecule has 29 heavy (non-hydrogen) atoms. The van der Waals surface area contributed by atoms with E-state index in [1.165, 1.54) is 36.3 Å². The van der Waals surface area contributed by atoms with Crippen molar-refractivity contribution in [1.82, 2.24) is 9.80 Å². The number of carbonyl (C=O) groups excluding carboxylic acids is 2. The Bertz CT molecular complexity index is 954. The molecule has 1 atom stereocenters. The van der Waals surface area contributed by atoms with Crippen molar-refractivity contribution >= 4 is 17.4 Å². The van der Waals surface area contributed by atoms with Gasteiger partial charge in [0.1, 0.15) is 17.3 Å². The van der Waals surface area contributed by atoms with E-state index in [0.29, 0.717) is 23.4 Å². The highest BCUT2D eigenvalue weighted by Crippen LogP contribution is 2.39. The van der Waals surface area contributed by atoms with Crippen molar-refractivity contribution in [3.8, 4) is 5.75 Å². The molecule has 1 saturated heterocycles. The normalized spacial score (nSPS) is 18.5. The zero-order valence-electron chi connectivity index (χ0n) is 16.6. The lowest BCUT2D eigenvalue weighted by molar-refractivity contribution is -0.140. The average molecular weight is 398 g/mol. The van der Waals surface area contributed by atoms with Crippen LogP contribution < -0.4 is 4.74 Å². The number of carbonyl (C=O) groups is 2. The van der Waals surface area contributed by atoms with Gasteiger partial charge in [0.15, 0.2) is 0 Å². The molecule has 0 aromatic heterocycles. The first-order chi connectivity index (χ1) is 13.8. The van der Waals surface area contributed by atoms with E-state index in [4.69, 9.17) is 4.74 Å². The van der Waals surface area contributed by atoms with Crippen molar-refractivity contribution in [3.05, 3.63) is 71.0 Å². The van der Waals surface area contributed by atoms with Crippen LogP contribution in [-0.4, -0.2) is 60.9 Å². The maximum absolute atomic E-state index is 13.5. The van der Waals surface area contributed by atoms with Crippen LogP contribution in [0.1, 0.15) is 17.2 Å². The molecule has 7 heteroatoms. The predicted octanol–water partition coefficient (Wildman–Crippen LogP) is 2.82. The molecule has 152 valence electrons. The second kappa shape index (κ2) is 8.45. The molecule has 6 nitrogen and oxygen atoms in total. The van der Waals surface area contributed by atoms with E-state index in [1.54, 1.807) is 24.3 Å². The Morgan fingerprint density at radius 1 is 1.17 bits per heavy atom. The van der Waals surface area contributed by atoms with Gasteiger partial charge in [-0.15, -0.1) is 0 Å². The number of methoxy groups -OCH3 is 1. The molecule has 0 bridgehead atoms. The van der Waals surface area contributed by atoms with Gasteiger partial charge < -0.3 is 19.6 Å². The molecule has 1 N–H and O–H groups in total. The number of ketones is 1. The van der Waals surface area contributed by atoms with Crippen LogP contribution in [-0.2, 0) is 9.59 Å². The zero-order valence-corrected chi connectivity index (χ0v) is 16.6. The highest BCUT2D eigenvalue weighted by atomic mass is 19.1. The number of Topliss-reactive ketones (excluding diaryl/α,β-unsaturated/α-hetero) is 1. The molecule has 2 aromatic rings. The van der Waals surface area contributed by atoms with Gasteiger partial charge in [-0.25, -0.2) is 4.39 Å². The van der Waals surface area contributed by atoms with Gasteiger partial charge in [-0.2, -0.15) is 0 Å². The minimum absolute atomic E-state index is 0.0198. The summed E-state index contributed by atoms with van der Waals surface area (Å²) in [6.07, 6.45) is 0. The Hall–Kier alpha value is -3.19. The molecule has 0 saturated carbocycles. The van der Waals surface area contributed by atoms with Crippen LogP contribution in [0.2, 0.25) is 0 Å². The Balaban J connectivity index is 2.14. The topological polar surface area (TPSA) is 70.1 Å². The molecule has 1 heterocycles. The Morgan fingerprint density at radius 3 is 2.48 bits per heavy atom. The summed E-state index contributed by atoms with van der Waals surface area (Å²) in [4.78, 5) is 28.9. The van der Waals surface area contributed by atoms with E-state index in [1.807, 2.05) is 19.0 Å². The Morgan fingerprint density at radius 2 is 1.86 bits per heavy atom. The number of aliphatic hydroxyl groups excluding tert-OH is 1. The molecule has 1 aliphatic heterocycles. The molecule has 1 unspecified atom stereocenters. The number of aliphatic hydroxyl groups is 1.